The van der Waals surface area contributed by atoms with Crippen molar-refractivity contribution in [3.8, 4) is 0 Å². The van der Waals surface area contributed by atoms with Crippen LogP contribution in [0.25, 0.3) is 0 Å². The Morgan fingerprint density at radius 1 is 0.949 bits per heavy atom. The van der Waals surface area contributed by atoms with E-state index in [-0.39, 0.29) is 24.1 Å². The highest BCUT2D eigenvalue weighted by Gasteiger charge is 2.38. The van der Waals surface area contributed by atoms with Gasteiger partial charge in [0.1, 0.15) is 0 Å². The molecule has 1 aromatic heterocycles. The van der Waals surface area contributed by atoms with Gasteiger partial charge in [-0.25, -0.2) is 0 Å². The van der Waals surface area contributed by atoms with Crippen LogP contribution in [-0.2, 0) is 35.0 Å². The van der Waals surface area contributed by atoms with Crippen molar-refractivity contribution < 1.29 is 35.9 Å². The van der Waals surface area contributed by atoms with E-state index in [0.717, 1.165) is 11.1 Å². The minimum Gasteiger partial charge on any atom is -0.372 e. The van der Waals surface area contributed by atoms with Gasteiger partial charge in [-0.3, -0.25) is 14.7 Å². The second-order valence-corrected chi connectivity index (χ2v) is 9.37. The van der Waals surface area contributed by atoms with E-state index in [2.05, 4.69) is 10.3 Å². The number of nitrogens with one attached hydrogen (secondary N) is 1. The van der Waals surface area contributed by atoms with Crippen molar-refractivity contribution in [3.05, 3.63) is 101 Å². The number of likely N-dealkylation sites (tertiary alicyclic amines) is 1. The lowest BCUT2D eigenvalue weighted by atomic mass is 9.92. The largest absolute Gasteiger partial charge is 0.416 e. The molecule has 0 bridgehead atoms. The van der Waals surface area contributed by atoms with Crippen molar-refractivity contribution in [2.24, 2.45) is 0 Å². The minimum absolute atomic E-state index is 0.0431. The van der Waals surface area contributed by atoms with Crippen LogP contribution in [0, 0.1) is 0 Å². The molecule has 1 aliphatic rings. The van der Waals surface area contributed by atoms with Gasteiger partial charge in [-0.1, -0.05) is 36.4 Å². The summed E-state index contributed by atoms with van der Waals surface area (Å²) in [6, 6.07) is 13.8. The predicted octanol–water partition coefficient (Wildman–Crippen LogP) is 6.16. The number of nitrogens with zero attached hydrogens (tertiary/aromatic N) is 2. The lowest BCUT2D eigenvalue weighted by Gasteiger charge is -2.41. The van der Waals surface area contributed by atoms with E-state index in [4.69, 9.17) is 4.74 Å². The minimum atomic E-state index is -4.94. The smallest absolute Gasteiger partial charge is 0.372 e. The molecule has 0 unspecified atom stereocenters. The molecule has 1 aliphatic heterocycles. The molecule has 208 valence electrons. The summed E-state index contributed by atoms with van der Waals surface area (Å²) >= 11 is 0. The Balaban J connectivity index is 1.51. The molecular weight excluding hydrogens is 524 g/mol. The van der Waals surface area contributed by atoms with Crippen LogP contribution >= 0.6 is 0 Å². The quantitative estimate of drug-likeness (QED) is 0.341. The fraction of sp³-hybridized carbons (Fsp3) is 0.357. The van der Waals surface area contributed by atoms with Gasteiger partial charge < -0.3 is 10.1 Å². The SMILES string of the molecule is O=C(CN1CCC[C@@H](OCc2cc(C(F)(F)F)cc(C(F)(F)F)c2)[C@H]1c1ccccc1)NCc1cccnc1. The van der Waals surface area contributed by atoms with E-state index in [1.54, 1.807) is 18.5 Å². The third-order valence-electron chi connectivity index (χ3n) is 6.49. The third kappa shape index (κ3) is 7.79. The summed E-state index contributed by atoms with van der Waals surface area (Å²) in [5, 5.41) is 2.86. The molecule has 11 heteroatoms. The number of piperidine rings is 1. The maximum Gasteiger partial charge on any atom is 0.416 e. The number of pyridine rings is 1. The first-order valence-corrected chi connectivity index (χ1v) is 12.4. The van der Waals surface area contributed by atoms with E-state index in [1.807, 2.05) is 41.3 Å². The summed E-state index contributed by atoms with van der Waals surface area (Å²) in [7, 11) is 0. The zero-order valence-electron chi connectivity index (χ0n) is 20.8. The standard InChI is InChI=1S/C28H27F6N3O2/c29-27(30,31)22-12-20(13-23(14-22)28(32,33)34)18-39-24-9-5-11-37(26(24)21-7-2-1-3-8-21)17-25(38)36-16-19-6-4-10-35-15-19/h1-4,6-8,10,12-15,24,26H,5,9,11,16-18H2,(H,36,38)/t24-,26-/m1/s1. The molecule has 2 heterocycles. The zero-order chi connectivity index (χ0) is 28.0. The molecule has 2 aromatic carbocycles. The summed E-state index contributed by atoms with van der Waals surface area (Å²) in [5.74, 6) is -0.229. The number of benzene rings is 2. The van der Waals surface area contributed by atoms with Crippen LogP contribution in [0.4, 0.5) is 26.3 Å². The Morgan fingerprint density at radius 3 is 2.26 bits per heavy atom. The summed E-state index contributed by atoms with van der Waals surface area (Å²) in [4.78, 5) is 18.7. The molecule has 1 amide bonds. The van der Waals surface area contributed by atoms with Gasteiger partial charge in [0, 0.05) is 18.9 Å². The summed E-state index contributed by atoms with van der Waals surface area (Å²) < 4.78 is 85.8. The van der Waals surface area contributed by atoms with E-state index in [1.165, 1.54) is 0 Å². The first-order valence-electron chi connectivity index (χ1n) is 12.4. The van der Waals surface area contributed by atoms with Gasteiger partial charge in [-0.15, -0.1) is 0 Å². The van der Waals surface area contributed by atoms with Gasteiger partial charge >= 0.3 is 12.4 Å². The number of aromatic nitrogens is 1. The second-order valence-electron chi connectivity index (χ2n) is 9.37. The molecule has 0 saturated carbocycles. The monoisotopic (exact) mass is 551 g/mol. The zero-order valence-corrected chi connectivity index (χ0v) is 20.8. The van der Waals surface area contributed by atoms with Crippen molar-refractivity contribution >= 4 is 5.91 Å². The van der Waals surface area contributed by atoms with Gasteiger partial charge in [0.15, 0.2) is 0 Å². The molecule has 1 N–H and O–H groups in total. The Bertz CT molecular complexity index is 1200. The topological polar surface area (TPSA) is 54.5 Å². The fourth-order valence-corrected chi connectivity index (χ4v) is 4.70. The number of hydrogen-bond donors (Lipinski definition) is 1. The van der Waals surface area contributed by atoms with Crippen LogP contribution < -0.4 is 5.32 Å². The highest BCUT2D eigenvalue weighted by Crippen LogP contribution is 2.38. The number of carbonyl (C=O) groups is 1. The van der Waals surface area contributed by atoms with Crippen molar-refractivity contribution in [2.75, 3.05) is 13.1 Å². The van der Waals surface area contributed by atoms with Crippen molar-refractivity contribution in [1.29, 1.82) is 0 Å². The Kier molecular flexibility index (Phi) is 8.91. The van der Waals surface area contributed by atoms with Gasteiger partial charge in [-0.05, 0) is 60.3 Å². The first kappa shape index (κ1) is 28.6. The van der Waals surface area contributed by atoms with E-state index in [0.29, 0.717) is 38.1 Å². The van der Waals surface area contributed by atoms with Crippen molar-refractivity contribution in [3.63, 3.8) is 0 Å². The maximum atomic E-state index is 13.3. The van der Waals surface area contributed by atoms with E-state index >= 15 is 0 Å². The van der Waals surface area contributed by atoms with Gasteiger partial charge in [0.25, 0.3) is 0 Å². The molecule has 1 fully saturated rings. The highest BCUT2D eigenvalue weighted by molar-refractivity contribution is 5.78. The lowest BCUT2D eigenvalue weighted by molar-refractivity contribution is -0.143. The lowest BCUT2D eigenvalue weighted by Crippen LogP contribution is -2.47. The maximum absolute atomic E-state index is 13.3. The fourth-order valence-electron chi connectivity index (χ4n) is 4.70. The second kappa shape index (κ2) is 12.2. The molecule has 0 spiro atoms. The van der Waals surface area contributed by atoms with E-state index in [9.17, 15) is 31.1 Å². The average molecular weight is 552 g/mol. The predicted molar refractivity (Wildman–Crippen MR) is 131 cm³/mol. The summed E-state index contributed by atoms with van der Waals surface area (Å²) in [6.07, 6.45) is -5.99. The number of hydrogen-bond acceptors (Lipinski definition) is 4. The Morgan fingerprint density at radius 2 is 1.64 bits per heavy atom. The van der Waals surface area contributed by atoms with Crippen LogP contribution in [0.5, 0.6) is 0 Å². The molecule has 3 aromatic rings. The number of alkyl halides is 6. The normalized spacial score (nSPS) is 18.6. The molecule has 4 rings (SSSR count). The molecule has 1 saturated heterocycles. The molecule has 0 radical (unpaired) electrons. The average Bonchev–Trinajstić information content (AvgIpc) is 2.91. The molecule has 5 nitrogen and oxygen atoms in total. The van der Waals surface area contributed by atoms with Crippen molar-refractivity contribution in [2.45, 2.75) is 50.5 Å². The number of halogens is 6. The van der Waals surface area contributed by atoms with Gasteiger partial charge in [0.2, 0.25) is 5.91 Å². The highest BCUT2D eigenvalue weighted by atomic mass is 19.4. The van der Waals surface area contributed by atoms with Crippen LogP contribution in [0.2, 0.25) is 0 Å². The number of carbonyl (C=O) groups excluding carboxylic acids is 1. The van der Waals surface area contributed by atoms with Gasteiger partial charge in [0.05, 0.1) is 36.4 Å². The molecular formula is C28H27F6N3O2. The van der Waals surface area contributed by atoms with Crippen LogP contribution in [0.1, 0.15) is 46.7 Å². The molecule has 2 atom stereocenters. The van der Waals surface area contributed by atoms with Gasteiger partial charge in [-0.2, -0.15) is 26.3 Å². The number of amides is 1. The number of ether oxygens (including phenoxy) is 1. The van der Waals surface area contributed by atoms with Crippen LogP contribution in [0.15, 0.2) is 73.1 Å². The first-order chi connectivity index (χ1) is 18.5. The Hall–Kier alpha value is -3.44. The number of rotatable bonds is 8. The molecule has 0 aliphatic carbocycles. The van der Waals surface area contributed by atoms with Crippen molar-refractivity contribution in [1.82, 2.24) is 15.2 Å². The van der Waals surface area contributed by atoms with E-state index < -0.39 is 42.2 Å². The summed E-state index contributed by atoms with van der Waals surface area (Å²) in [5.41, 5.74) is -1.32. The third-order valence-corrected chi connectivity index (χ3v) is 6.49. The van der Waals surface area contributed by atoms with Crippen LogP contribution in [-0.4, -0.2) is 35.0 Å². The van der Waals surface area contributed by atoms with Crippen LogP contribution in [0.3, 0.4) is 0 Å². The Labute approximate surface area is 221 Å². The molecule has 39 heavy (non-hydrogen) atoms. The summed E-state index contributed by atoms with van der Waals surface area (Å²) in [6.45, 7) is 0.471.